The predicted octanol–water partition coefficient (Wildman–Crippen LogP) is 3.47. The third kappa shape index (κ3) is 7.58. The second kappa shape index (κ2) is 11.8. The molecule has 0 radical (unpaired) electrons. The Bertz CT molecular complexity index is 705. The monoisotopic (exact) mass is 371 g/mol. The number of hydrogen-bond donors (Lipinski definition) is 2. The maximum Gasteiger partial charge on any atom is 0.193 e. The SMILES string of the molecule is COc1ccc(NC(N)=NCCCCOCCc2ccccc2)cc1OC. The van der Waals surface area contributed by atoms with E-state index in [1.54, 1.807) is 14.2 Å². The normalized spacial score (nSPS) is 11.3. The Morgan fingerprint density at radius 3 is 2.48 bits per heavy atom. The Balaban J connectivity index is 1.60. The number of nitrogens with zero attached hydrogens (tertiary/aromatic N) is 1. The molecule has 0 amide bonds. The number of unbranched alkanes of at least 4 members (excludes halogenated alkanes) is 1. The second-order valence-corrected chi connectivity index (χ2v) is 6.02. The third-order valence-electron chi connectivity index (χ3n) is 4.01. The van der Waals surface area contributed by atoms with Crippen LogP contribution in [-0.2, 0) is 11.2 Å². The van der Waals surface area contributed by atoms with Crippen molar-refractivity contribution in [3.05, 3.63) is 54.1 Å². The molecule has 0 aromatic heterocycles. The lowest BCUT2D eigenvalue weighted by Crippen LogP contribution is -2.22. The van der Waals surface area contributed by atoms with Gasteiger partial charge >= 0.3 is 0 Å². The molecule has 2 aromatic rings. The molecule has 0 saturated carbocycles. The molecule has 0 aliphatic heterocycles. The number of rotatable bonds is 11. The first kappa shape index (κ1) is 20.6. The fraction of sp³-hybridized carbons (Fsp3) is 0.381. The molecule has 0 saturated heterocycles. The van der Waals surface area contributed by atoms with Crippen LogP contribution in [0, 0.1) is 0 Å². The molecule has 0 spiro atoms. The summed E-state index contributed by atoms with van der Waals surface area (Å²) in [5.74, 6) is 1.70. The molecule has 0 bridgehead atoms. The van der Waals surface area contributed by atoms with Gasteiger partial charge in [0.05, 0.1) is 20.8 Å². The van der Waals surface area contributed by atoms with Crippen molar-refractivity contribution < 1.29 is 14.2 Å². The summed E-state index contributed by atoms with van der Waals surface area (Å²) in [6.07, 6.45) is 2.84. The number of aliphatic imine (C=N–C) groups is 1. The van der Waals surface area contributed by atoms with E-state index in [0.29, 0.717) is 24.0 Å². The van der Waals surface area contributed by atoms with E-state index in [1.165, 1.54) is 5.56 Å². The fourth-order valence-electron chi connectivity index (χ4n) is 2.55. The topological polar surface area (TPSA) is 78.1 Å². The van der Waals surface area contributed by atoms with Gasteiger partial charge in [0.25, 0.3) is 0 Å². The zero-order valence-corrected chi connectivity index (χ0v) is 16.1. The quantitative estimate of drug-likeness (QED) is 0.359. The summed E-state index contributed by atoms with van der Waals surface area (Å²) in [5, 5.41) is 3.06. The molecule has 27 heavy (non-hydrogen) atoms. The van der Waals surface area contributed by atoms with Gasteiger partial charge in [-0.15, -0.1) is 0 Å². The van der Waals surface area contributed by atoms with Crippen molar-refractivity contribution in [1.82, 2.24) is 0 Å². The first-order valence-electron chi connectivity index (χ1n) is 9.13. The van der Waals surface area contributed by atoms with Crippen LogP contribution >= 0.6 is 0 Å². The molecule has 3 N–H and O–H groups in total. The molecule has 6 heteroatoms. The molecular weight excluding hydrogens is 342 g/mol. The summed E-state index contributed by atoms with van der Waals surface area (Å²) in [7, 11) is 3.20. The van der Waals surface area contributed by atoms with Crippen LogP contribution in [0.1, 0.15) is 18.4 Å². The highest BCUT2D eigenvalue weighted by Crippen LogP contribution is 2.29. The zero-order valence-electron chi connectivity index (χ0n) is 16.1. The van der Waals surface area contributed by atoms with Crippen LogP contribution in [0.3, 0.4) is 0 Å². The van der Waals surface area contributed by atoms with Gasteiger partial charge in [-0.1, -0.05) is 30.3 Å². The van der Waals surface area contributed by atoms with Gasteiger partial charge in [0.2, 0.25) is 0 Å². The van der Waals surface area contributed by atoms with Gasteiger partial charge < -0.3 is 25.3 Å². The van der Waals surface area contributed by atoms with E-state index in [4.69, 9.17) is 19.9 Å². The first-order chi connectivity index (χ1) is 13.2. The standard InChI is InChI=1S/C21H29N3O3/c1-25-19-11-10-18(16-20(19)26-2)24-21(22)23-13-6-7-14-27-15-12-17-8-4-3-5-9-17/h3-5,8-11,16H,6-7,12-15H2,1-2H3,(H3,22,23,24). The number of nitrogens with two attached hydrogens (primary N) is 1. The molecule has 0 unspecified atom stereocenters. The minimum absolute atomic E-state index is 0.382. The maximum absolute atomic E-state index is 5.93. The molecule has 2 rings (SSSR count). The van der Waals surface area contributed by atoms with Crippen LogP contribution < -0.4 is 20.5 Å². The van der Waals surface area contributed by atoms with Crippen molar-refractivity contribution in [3.8, 4) is 11.5 Å². The molecule has 0 aliphatic rings. The summed E-state index contributed by atoms with van der Waals surface area (Å²) in [5.41, 5.74) is 8.04. The molecule has 0 fully saturated rings. The summed E-state index contributed by atoms with van der Waals surface area (Å²) < 4.78 is 16.2. The van der Waals surface area contributed by atoms with Crippen molar-refractivity contribution in [2.45, 2.75) is 19.3 Å². The van der Waals surface area contributed by atoms with E-state index in [9.17, 15) is 0 Å². The Morgan fingerprint density at radius 1 is 0.963 bits per heavy atom. The van der Waals surface area contributed by atoms with Crippen LogP contribution in [0.25, 0.3) is 0 Å². The Hall–Kier alpha value is -2.73. The average molecular weight is 371 g/mol. The predicted molar refractivity (Wildman–Crippen MR) is 110 cm³/mol. The van der Waals surface area contributed by atoms with Gasteiger partial charge in [0, 0.05) is 24.9 Å². The number of hydrogen-bond acceptors (Lipinski definition) is 4. The van der Waals surface area contributed by atoms with Crippen molar-refractivity contribution in [1.29, 1.82) is 0 Å². The number of anilines is 1. The van der Waals surface area contributed by atoms with Gasteiger partial charge in [0.1, 0.15) is 0 Å². The van der Waals surface area contributed by atoms with Gasteiger partial charge in [-0.2, -0.15) is 0 Å². The van der Waals surface area contributed by atoms with Gasteiger partial charge in [-0.3, -0.25) is 4.99 Å². The summed E-state index contributed by atoms with van der Waals surface area (Å²) >= 11 is 0. The van der Waals surface area contributed by atoms with Gasteiger partial charge in [-0.05, 0) is 37.0 Å². The minimum Gasteiger partial charge on any atom is -0.493 e. The van der Waals surface area contributed by atoms with Gasteiger partial charge in [0.15, 0.2) is 17.5 Å². The second-order valence-electron chi connectivity index (χ2n) is 6.02. The summed E-state index contributed by atoms with van der Waals surface area (Å²) in [4.78, 5) is 4.34. The number of nitrogens with one attached hydrogen (secondary N) is 1. The summed E-state index contributed by atoms with van der Waals surface area (Å²) in [6, 6.07) is 15.9. The highest BCUT2D eigenvalue weighted by molar-refractivity contribution is 5.92. The number of ether oxygens (including phenoxy) is 3. The Kier molecular flexibility index (Phi) is 9.00. The average Bonchev–Trinajstić information content (AvgIpc) is 2.70. The highest BCUT2D eigenvalue weighted by atomic mass is 16.5. The van der Waals surface area contributed by atoms with E-state index in [-0.39, 0.29) is 0 Å². The van der Waals surface area contributed by atoms with E-state index < -0.39 is 0 Å². The van der Waals surface area contributed by atoms with Crippen molar-refractivity contribution >= 4 is 11.6 Å². The lowest BCUT2D eigenvalue weighted by atomic mass is 10.2. The highest BCUT2D eigenvalue weighted by Gasteiger charge is 2.04. The van der Waals surface area contributed by atoms with Crippen LogP contribution in [-0.4, -0.2) is 39.9 Å². The lowest BCUT2D eigenvalue weighted by Gasteiger charge is -2.11. The van der Waals surface area contributed by atoms with Crippen LogP contribution in [0.2, 0.25) is 0 Å². The summed E-state index contributed by atoms with van der Waals surface area (Å²) in [6.45, 7) is 2.15. The molecule has 2 aromatic carbocycles. The van der Waals surface area contributed by atoms with Crippen molar-refractivity contribution in [2.24, 2.45) is 10.7 Å². The van der Waals surface area contributed by atoms with Crippen LogP contribution in [0.15, 0.2) is 53.5 Å². The maximum atomic E-state index is 5.93. The lowest BCUT2D eigenvalue weighted by molar-refractivity contribution is 0.134. The number of methoxy groups -OCH3 is 2. The minimum atomic E-state index is 0.382. The molecule has 0 atom stereocenters. The Morgan fingerprint density at radius 2 is 1.74 bits per heavy atom. The van der Waals surface area contributed by atoms with Crippen molar-refractivity contribution in [2.75, 3.05) is 39.3 Å². The van der Waals surface area contributed by atoms with Crippen LogP contribution in [0.5, 0.6) is 11.5 Å². The van der Waals surface area contributed by atoms with E-state index in [0.717, 1.165) is 38.2 Å². The van der Waals surface area contributed by atoms with Gasteiger partial charge in [-0.25, -0.2) is 0 Å². The molecule has 0 aliphatic carbocycles. The van der Waals surface area contributed by atoms with E-state index in [1.807, 2.05) is 36.4 Å². The number of guanidine groups is 1. The first-order valence-corrected chi connectivity index (χ1v) is 9.13. The smallest absolute Gasteiger partial charge is 0.193 e. The van der Waals surface area contributed by atoms with Crippen LogP contribution in [0.4, 0.5) is 5.69 Å². The van der Waals surface area contributed by atoms with E-state index in [2.05, 4.69) is 22.4 Å². The molecular formula is C21H29N3O3. The molecule has 0 heterocycles. The van der Waals surface area contributed by atoms with E-state index >= 15 is 0 Å². The largest absolute Gasteiger partial charge is 0.493 e. The molecule has 146 valence electrons. The third-order valence-corrected chi connectivity index (χ3v) is 4.01. The Labute approximate surface area is 161 Å². The zero-order chi connectivity index (χ0) is 19.3. The molecule has 6 nitrogen and oxygen atoms in total. The van der Waals surface area contributed by atoms with Crippen molar-refractivity contribution in [3.63, 3.8) is 0 Å². The fourth-order valence-corrected chi connectivity index (χ4v) is 2.55. The number of benzene rings is 2.